The van der Waals surface area contributed by atoms with E-state index in [0.29, 0.717) is 5.69 Å². The van der Waals surface area contributed by atoms with Gasteiger partial charge in [0, 0.05) is 16.1 Å². The minimum absolute atomic E-state index is 0.225. The highest BCUT2D eigenvalue weighted by Gasteiger charge is 2.04. The zero-order chi connectivity index (χ0) is 9.97. The van der Waals surface area contributed by atoms with Crippen LogP contribution in [0.5, 0.6) is 0 Å². The van der Waals surface area contributed by atoms with Crippen LogP contribution in [0.2, 0.25) is 0 Å². The fraction of sp³-hybridized carbons (Fsp3) is 0. The molecular weight excluding hydrogens is 244 g/mol. The number of aromatic nitrogens is 1. The highest BCUT2D eigenvalue weighted by atomic mass is 79.9. The van der Waals surface area contributed by atoms with Crippen molar-refractivity contribution in [3.63, 3.8) is 0 Å². The summed E-state index contributed by atoms with van der Waals surface area (Å²) in [5, 5.41) is 12.3. The molecule has 14 heavy (non-hydrogen) atoms. The Hall–Kier alpha value is -1.60. The molecule has 0 atom stereocenters. The summed E-state index contributed by atoms with van der Waals surface area (Å²) < 4.78 is 5.78. The van der Waals surface area contributed by atoms with Crippen molar-refractivity contribution in [2.24, 2.45) is 0 Å². The number of nitrogens with zero attached hydrogens (tertiary/aromatic N) is 2. The minimum atomic E-state index is 0.225. The molecule has 1 heterocycles. The lowest BCUT2D eigenvalue weighted by atomic mass is 10.1. The Morgan fingerprint density at radius 3 is 2.57 bits per heavy atom. The van der Waals surface area contributed by atoms with Gasteiger partial charge in [0.15, 0.2) is 0 Å². The molecule has 0 saturated carbocycles. The van der Waals surface area contributed by atoms with Crippen molar-refractivity contribution in [2.75, 3.05) is 0 Å². The van der Waals surface area contributed by atoms with Gasteiger partial charge >= 0.3 is 0 Å². The van der Waals surface area contributed by atoms with Gasteiger partial charge in [-0.05, 0) is 12.1 Å². The second-order valence-electron chi connectivity index (χ2n) is 2.70. The summed E-state index contributed by atoms with van der Waals surface area (Å²) in [5.41, 5.74) is 1.60. The van der Waals surface area contributed by atoms with Gasteiger partial charge in [0.05, 0.1) is 0 Å². The molecule has 0 aliphatic carbocycles. The third-order valence-electron chi connectivity index (χ3n) is 1.76. The topological polar surface area (TPSA) is 49.8 Å². The summed E-state index contributed by atoms with van der Waals surface area (Å²) in [4.78, 5) is 0. The maximum absolute atomic E-state index is 8.55. The summed E-state index contributed by atoms with van der Waals surface area (Å²) in [6.45, 7) is 0. The molecule has 4 heteroatoms. The molecule has 0 amide bonds. The zero-order valence-electron chi connectivity index (χ0n) is 7.07. The molecule has 0 N–H and O–H groups in total. The fourth-order valence-electron chi connectivity index (χ4n) is 1.08. The Balaban J connectivity index is 2.40. The van der Waals surface area contributed by atoms with Crippen LogP contribution >= 0.6 is 15.9 Å². The van der Waals surface area contributed by atoms with E-state index in [9.17, 15) is 0 Å². The van der Waals surface area contributed by atoms with Crippen LogP contribution in [0, 0.1) is 11.3 Å². The zero-order valence-corrected chi connectivity index (χ0v) is 8.65. The molecular formula is C10H5BrN2O. The summed E-state index contributed by atoms with van der Waals surface area (Å²) in [7, 11) is 0. The van der Waals surface area contributed by atoms with E-state index in [1.54, 1.807) is 6.07 Å². The first-order valence-corrected chi connectivity index (χ1v) is 4.71. The number of rotatable bonds is 1. The predicted octanol–water partition coefficient (Wildman–Crippen LogP) is 2.98. The predicted molar refractivity (Wildman–Crippen MR) is 54.4 cm³/mol. The number of hydrogen-bond donors (Lipinski definition) is 0. The van der Waals surface area contributed by atoms with Crippen LogP contribution in [0.3, 0.4) is 0 Å². The van der Waals surface area contributed by atoms with Crippen LogP contribution in [0.1, 0.15) is 5.76 Å². The SMILES string of the molecule is N#Cc1cc(-c2ccc(Br)cc2)no1. The van der Waals surface area contributed by atoms with Gasteiger partial charge in [-0.2, -0.15) is 5.26 Å². The Bertz CT molecular complexity index is 482. The molecule has 0 unspecified atom stereocenters. The first-order valence-electron chi connectivity index (χ1n) is 3.92. The van der Waals surface area contributed by atoms with Gasteiger partial charge in [-0.1, -0.05) is 33.2 Å². The quantitative estimate of drug-likeness (QED) is 0.780. The molecule has 0 saturated heterocycles. The van der Waals surface area contributed by atoms with Gasteiger partial charge in [0.1, 0.15) is 11.8 Å². The third kappa shape index (κ3) is 1.68. The van der Waals surface area contributed by atoms with E-state index < -0.39 is 0 Å². The average molecular weight is 249 g/mol. The number of benzene rings is 1. The lowest BCUT2D eigenvalue weighted by molar-refractivity contribution is 0.412. The Kier molecular flexibility index (Phi) is 2.33. The average Bonchev–Trinajstić information content (AvgIpc) is 2.67. The number of halogens is 1. The van der Waals surface area contributed by atoms with Crippen LogP contribution < -0.4 is 0 Å². The van der Waals surface area contributed by atoms with E-state index in [2.05, 4.69) is 21.1 Å². The van der Waals surface area contributed by atoms with Gasteiger partial charge in [0.2, 0.25) is 5.76 Å². The van der Waals surface area contributed by atoms with Crippen molar-refractivity contribution in [3.05, 3.63) is 40.6 Å². The molecule has 1 aromatic carbocycles. The van der Waals surface area contributed by atoms with Crippen LogP contribution in [-0.4, -0.2) is 5.16 Å². The van der Waals surface area contributed by atoms with E-state index in [0.717, 1.165) is 10.0 Å². The van der Waals surface area contributed by atoms with Crippen molar-refractivity contribution >= 4 is 15.9 Å². The lowest BCUT2D eigenvalue weighted by Crippen LogP contribution is -1.75. The standard InChI is InChI=1S/C10H5BrN2O/c11-8-3-1-7(2-4-8)10-5-9(6-12)14-13-10/h1-5H. The molecule has 2 rings (SSSR count). The van der Waals surface area contributed by atoms with Crippen LogP contribution in [-0.2, 0) is 0 Å². The highest BCUT2D eigenvalue weighted by molar-refractivity contribution is 9.10. The third-order valence-corrected chi connectivity index (χ3v) is 2.29. The van der Waals surface area contributed by atoms with E-state index in [4.69, 9.17) is 9.78 Å². The van der Waals surface area contributed by atoms with Crippen molar-refractivity contribution in [1.82, 2.24) is 5.16 Å². The van der Waals surface area contributed by atoms with E-state index in [-0.39, 0.29) is 5.76 Å². The molecule has 0 fully saturated rings. The van der Waals surface area contributed by atoms with E-state index in [1.807, 2.05) is 30.3 Å². The van der Waals surface area contributed by atoms with Crippen LogP contribution in [0.4, 0.5) is 0 Å². The Morgan fingerprint density at radius 2 is 2.00 bits per heavy atom. The molecule has 0 spiro atoms. The molecule has 1 aromatic heterocycles. The largest absolute Gasteiger partial charge is 0.345 e. The van der Waals surface area contributed by atoms with Crippen molar-refractivity contribution < 1.29 is 4.52 Å². The molecule has 0 bridgehead atoms. The Morgan fingerprint density at radius 1 is 1.29 bits per heavy atom. The van der Waals surface area contributed by atoms with Gasteiger partial charge in [-0.25, -0.2) is 0 Å². The molecule has 0 radical (unpaired) electrons. The highest BCUT2D eigenvalue weighted by Crippen LogP contribution is 2.20. The number of hydrogen-bond acceptors (Lipinski definition) is 3. The van der Waals surface area contributed by atoms with Gasteiger partial charge in [0.25, 0.3) is 0 Å². The molecule has 2 aromatic rings. The second-order valence-corrected chi connectivity index (χ2v) is 3.61. The maximum Gasteiger partial charge on any atom is 0.236 e. The fourth-order valence-corrected chi connectivity index (χ4v) is 1.35. The summed E-state index contributed by atoms with van der Waals surface area (Å²) >= 11 is 3.34. The molecule has 3 nitrogen and oxygen atoms in total. The number of nitriles is 1. The summed E-state index contributed by atoms with van der Waals surface area (Å²) in [6, 6.07) is 11.1. The van der Waals surface area contributed by atoms with Gasteiger partial charge < -0.3 is 4.52 Å². The lowest BCUT2D eigenvalue weighted by Gasteiger charge is -1.93. The molecule has 68 valence electrons. The second kappa shape index (κ2) is 3.64. The smallest absolute Gasteiger partial charge is 0.236 e. The first-order chi connectivity index (χ1) is 6.79. The van der Waals surface area contributed by atoms with Gasteiger partial charge in [-0.3, -0.25) is 0 Å². The van der Waals surface area contributed by atoms with Crippen molar-refractivity contribution in [1.29, 1.82) is 5.26 Å². The van der Waals surface area contributed by atoms with E-state index in [1.165, 1.54) is 0 Å². The molecule has 0 aliphatic rings. The Labute approximate surface area is 89.1 Å². The minimum Gasteiger partial charge on any atom is -0.345 e. The van der Waals surface area contributed by atoms with Gasteiger partial charge in [-0.15, -0.1) is 0 Å². The van der Waals surface area contributed by atoms with E-state index >= 15 is 0 Å². The molecule has 0 aliphatic heterocycles. The summed E-state index contributed by atoms with van der Waals surface area (Å²) in [5.74, 6) is 0.225. The van der Waals surface area contributed by atoms with Crippen molar-refractivity contribution in [3.8, 4) is 17.3 Å². The van der Waals surface area contributed by atoms with Crippen LogP contribution in [0.15, 0.2) is 39.3 Å². The van der Waals surface area contributed by atoms with Crippen molar-refractivity contribution in [2.45, 2.75) is 0 Å². The first kappa shape index (κ1) is 8.97. The van der Waals surface area contributed by atoms with Crippen LogP contribution in [0.25, 0.3) is 11.3 Å². The maximum atomic E-state index is 8.55. The monoisotopic (exact) mass is 248 g/mol. The summed E-state index contributed by atoms with van der Waals surface area (Å²) in [6.07, 6.45) is 0. The normalized spacial score (nSPS) is 9.71.